The molecule has 2 heterocycles. The van der Waals surface area contributed by atoms with Crippen LogP contribution < -0.4 is 5.56 Å². The number of hydrogen-bond donors (Lipinski definition) is 1. The van der Waals surface area contributed by atoms with Gasteiger partial charge in [-0.25, -0.2) is 4.68 Å². The number of rotatable bonds is 4. The van der Waals surface area contributed by atoms with E-state index in [4.69, 9.17) is 0 Å². The molecule has 0 spiro atoms. The van der Waals surface area contributed by atoms with Gasteiger partial charge in [-0.1, -0.05) is 26.0 Å². The smallest absolute Gasteiger partial charge is 0.275 e. The van der Waals surface area contributed by atoms with Crippen molar-refractivity contribution >= 4 is 0 Å². The molecule has 1 N–H and O–H groups in total. The Bertz CT molecular complexity index is 814. The van der Waals surface area contributed by atoms with Gasteiger partial charge in [0.05, 0.1) is 11.4 Å². The highest BCUT2D eigenvalue weighted by molar-refractivity contribution is 5.62. The van der Waals surface area contributed by atoms with Gasteiger partial charge < -0.3 is 0 Å². The Kier molecular flexibility index (Phi) is 3.92. The summed E-state index contributed by atoms with van der Waals surface area (Å²) in [7, 11) is 0. The van der Waals surface area contributed by atoms with Gasteiger partial charge in [-0.2, -0.15) is 0 Å². The molecule has 0 unspecified atom stereocenters. The molecule has 3 aromatic rings. The summed E-state index contributed by atoms with van der Waals surface area (Å²) in [6.45, 7) is 4.11. The molecule has 0 aliphatic carbocycles. The second-order valence-electron chi connectivity index (χ2n) is 5.22. The summed E-state index contributed by atoms with van der Waals surface area (Å²) >= 11 is 0. The molecule has 0 aliphatic heterocycles. The summed E-state index contributed by atoms with van der Waals surface area (Å²) in [5, 5.41) is 3.24. The van der Waals surface area contributed by atoms with E-state index in [1.807, 2.05) is 31.2 Å². The molecule has 0 atom stereocenters. The lowest BCUT2D eigenvalue weighted by molar-refractivity contribution is 0.847. The van der Waals surface area contributed by atoms with Crippen molar-refractivity contribution in [3.8, 4) is 16.9 Å². The fourth-order valence-corrected chi connectivity index (χ4v) is 2.61. The largest absolute Gasteiger partial charge is 0.290 e. The Morgan fingerprint density at radius 3 is 2.45 bits per heavy atom. The van der Waals surface area contributed by atoms with E-state index in [1.165, 1.54) is 5.56 Å². The van der Waals surface area contributed by atoms with E-state index >= 15 is 0 Å². The van der Waals surface area contributed by atoms with E-state index in [-0.39, 0.29) is 5.56 Å². The maximum Gasteiger partial charge on any atom is 0.275 e. The summed E-state index contributed by atoms with van der Waals surface area (Å²) in [6, 6.07) is 11.9. The van der Waals surface area contributed by atoms with Crippen LogP contribution in [-0.2, 0) is 12.8 Å². The van der Waals surface area contributed by atoms with Crippen molar-refractivity contribution in [1.29, 1.82) is 0 Å². The number of nitrogens with one attached hydrogen (secondary N) is 1. The zero-order valence-electron chi connectivity index (χ0n) is 12.8. The minimum absolute atomic E-state index is 0.00519. The molecule has 22 heavy (non-hydrogen) atoms. The highest BCUT2D eigenvalue weighted by Crippen LogP contribution is 2.20. The van der Waals surface area contributed by atoms with Crippen molar-refractivity contribution < 1.29 is 0 Å². The average Bonchev–Trinajstić information content (AvgIpc) is 2.92. The number of hydrogen-bond acceptors (Lipinski definition) is 2. The van der Waals surface area contributed by atoms with Crippen LogP contribution in [0.2, 0.25) is 0 Å². The molecule has 1 aromatic carbocycles. The van der Waals surface area contributed by atoms with Crippen molar-refractivity contribution in [1.82, 2.24) is 14.8 Å². The normalized spacial score (nSPS) is 10.8. The van der Waals surface area contributed by atoms with Crippen LogP contribution in [-0.4, -0.2) is 14.8 Å². The molecule has 0 bridgehead atoms. The minimum Gasteiger partial charge on any atom is -0.290 e. The van der Waals surface area contributed by atoms with Gasteiger partial charge in [0, 0.05) is 23.5 Å². The summed E-state index contributed by atoms with van der Waals surface area (Å²) in [5.41, 5.74) is 4.68. The van der Waals surface area contributed by atoms with Gasteiger partial charge in [0.25, 0.3) is 5.56 Å². The van der Waals surface area contributed by atoms with Gasteiger partial charge in [0.15, 0.2) is 0 Å². The van der Waals surface area contributed by atoms with Crippen molar-refractivity contribution in [2.24, 2.45) is 0 Å². The van der Waals surface area contributed by atoms with Crippen molar-refractivity contribution in [3.63, 3.8) is 0 Å². The van der Waals surface area contributed by atoms with Crippen LogP contribution in [0.4, 0.5) is 0 Å². The minimum atomic E-state index is 0.00519. The first-order chi connectivity index (χ1) is 10.7. The Labute approximate surface area is 129 Å². The zero-order chi connectivity index (χ0) is 15.5. The lowest BCUT2D eigenvalue weighted by Crippen LogP contribution is -2.16. The topological polar surface area (TPSA) is 50.7 Å². The Morgan fingerprint density at radius 2 is 1.86 bits per heavy atom. The monoisotopic (exact) mass is 293 g/mol. The van der Waals surface area contributed by atoms with Crippen LogP contribution in [0.5, 0.6) is 0 Å². The Balaban J connectivity index is 2.13. The molecule has 0 radical (unpaired) electrons. The fraction of sp³-hybridized carbons (Fsp3) is 0.222. The highest BCUT2D eigenvalue weighted by atomic mass is 16.1. The standard InChI is InChI=1S/C18H19N3O/c1-3-13-7-9-15(10-8-13)21-18(22)16(4-2)17(20-21)14-6-5-11-19-12-14/h5-12,20H,3-4H2,1-2H3. The molecular formula is C18H19N3O. The molecule has 0 saturated carbocycles. The summed E-state index contributed by atoms with van der Waals surface area (Å²) in [5.74, 6) is 0. The second kappa shape index (κ2) is 6.02. The maximum absolute atomic E-state index is 12.7. The third kappa shape index (κ3) is 2.48. The van der Waals surface area contributed by atoms with Crippen LogP contribution >= 0.6 is 0 Å². The van der Waals surface area contributed by atoms with Crippen LogP contribution in [0.1, 0.15) is 25.0 Å². The highest BCUT2D eigenvalue weighted by Gasteiger charge is 2.15. The summed E-state index contributed by atoms with van der Waals surface area (Å²) in [4.78, 5) is 16.8. The van der Waals surface area contributed by atoms with E-state index in [9.17, 15) is 4.79 Å². The van der Waals surface area contributed by atoms with Crippen molar-refractivity contribution in [2.45, 2.75) is 26.7 Å². The molecule has 0 amide bonds. The number of aromatic amines is 1. The van der Waals surface area contributed by atoms with E-state index in [0.29, 0.717) is 6.42 Å². The van der Waals surface area contributed by atoms with Gasteiger partial charge in [-0.15, -0.1) is 0 Å². The van der Waals surface area contributed by atoms with Crippen molar-refractivity contribution in [2.75, 3.05) is 0 Å². The van der Waals surface area contributed by atoms with E-state index in [1.54, 1.807) is 17.1 Å². The molecule has 0 saturated heterocycles. The fourth-order valence-electron chi connectivity index (χ4n) is 2.61. The summed E-state index contributed by atoms with van der Waals surface area (Å²) in [6.07, 6.45) is 5.17. The number of nitrogens with zero attached hydrogens (tertiary/aromatic N) is 2. The number of aromatic nitrogens is 3. The molecule has 3 rings (SSSR count). The van der Waals surface area contributed by atoms with E-state index in [0.717, 1.165) is 28.9 Å². The number of benzene rings is 1. The molecule has 4 nitrogen and oxygen atoms in total. The van der Waals surface area contributed by atoms with Crippen LogP contribution in [0.3, 0.4) is 0 Å². The Hall–Kier alpha value is -2.62. The van der Waals surface area contributed by atoms with Crippen LogP contribution in [0.25, 0.3) is 16.9 Å². The van der Waals surface area contributed by atoms with Crippen LogP contribution in [0.15, 0.2) is 53.6 Å². The molecule has 0 fully saturated rings. The molecule has 0 aliphatic rings. The SMILES string of the molecule is CCc1ccc(-n2[nH]c(-c3cccnc3)c(CC)c2=O)cc1. The molecule has 2 aromatic heterocycles. The van der Waals surface area contributed by atoms with Crippen LogP contribution in [0, 0.1) is 0 Å². The molecule has 112 valence electrons. The number of H-pyrrole nitrogens is 1. The third-order valence-corrected chi connectivity index (χ3v) is 3.89. The van der Waals surface area contributed by atoms with E-state index < -0.39 is 0 Å². The Morgan fingerprint density at radius 1 is 1.09 bits per heavy atom. The van der Waals surface area contributed by atoms with Gasteiger partial charge in [-0.3, -0.25) is 14.9 Å². The summed E-state index contributed by atoms with van der Waals surface area (Å²) < 4.78 is 1.61. The van der Waals surface area contributed by atoms with Gasteiger partial charge >= 0.3 is 0 Å². The lowest BCUT2D eigenvalue weighted by atomic mass is 10.1. The average molecular weight is 293 g/mol. The predicted octanol–water partition coefficient (Wildman–Crippen LogP) is 3.35. The van der Waals surface area contributed by atoms with Gasteiger partial charge in [0.2, 0.25) is 0 Å². The van der Waals surface area contributed by atoms with Crippen molar-refractivity contribution in [3.05, 3.63) is 70.3 Å². The first-order valence-corrected chi connectivity index (χ1v) is 7.58. The molecular weight excluding hydrogens is 274 g/mol. The molecule has 4 heteroatoms. The number of aryl methyl sites for hydroxylation is 1. The zero-order valence-corrected chi connectivity index (χ0v) is 12.8. The quantitative estimate of drug-likeness (QED) is 0.802. The maximum atomic E-state index is 12.7. The number of pyridine rings is 1. The third-order valence-electron chi connectivity index (χ3n) is 3.89. The predicted molar refractivity (Wildman–Crippen MR) is 88.4 cm³/mol. The first-order valence-electron chi connectivity index (χ1n) is 7.58. The second-order valence-corrected chi connectivity index (χ2v) is 5.22. The van der Waals surface area contributed by atoms with Gasteiger partial charge in [0.1, 0.15) is 0 Å². The lowest BCUT2D eigenvalue weighted by Gasteiger charge is -2.03. The van der Waals surface area contributed by atoms with Gasteiger partial charge in [-0.05, 0) is 42.7 Å². The van der Waals surface area contributed by atoms with E-state index in [2.05, 4.69) is 29.1 Å². The first kappa shape index (κ1) is 14.3.